The molecule has 1 aromatic rings. The van der Waals surface area contributed by atoms with Gasteiger partial charge in [0, 0.05) is 12.1 Å². The first-order valence-corrected chi connectivity index (χ1v) is 8.36. The van der Waals surface area contributed by atoms with Crippen molar-refractivity contribution in [3.8, 4) is 0 Å². The minimum atomic E-state index is -0.191. The molecule has 0 bridgehead atoms. The molecule has 1 aliphatic rings. The molecule has 1 fully saturated rings. The van der Waals surface area contributed by atoms with Gasteiger partial charge in [0.25, 0.3) is 0 Å². The van der Waals surface area contributed by atoms with E-state index in [-0.39, 0.29) is 18.0 Å². The van der Waals surface area contributed by atoms with Gasteiger partial charge in [-0.2, -0.15) is 0 Å². The van der Waals surface area contributed by atoms with Crippen molar-refractivity contribution < 1.29 is 9.13 Å². The van der Waals surface area contributed by atoms with Crippen LogP contribution in [0.3, 0.4) is 0 Å². The summed E-state index contributed by atoms with van der Waals surface area (Å²) in [6.07, 6.45) is 6.11. The highest BCUT2D eigenvalue weighted by molar-refractivity contribution is 5.20. The first-order chi connectivity index (χ1) is 10.3. The van der Waals surface area contributed by atoms with Gasteiger partial charge in [-0.05, 0) is 31.4 Å². The average molecular weight is 293 g/mol. The maximum atomic E-state index is 14.1. The van der Waals surface area contributed by atoms with Gasteiger partial charge >= 0.3 is 0 Å². The van der Waals surface area contributed by atoms with Gasteiger partial charge in [-0.1, -0.05) is 51.3 Å². The van der Waals surface area contributed by atoms with Crippen molar-refractivity contribution in [2.75, 3.05) is 13.1 Å². The molecule has 1 N–H and O–H groups in total. The molecule has 0 aromatic heterocycles. The van der Waals surface area contributed by atoms with Crippen molar-refractivity contribution in [3.63, 3.8) is 0 Å². The minimum Gasteiger partial charge on any atom is -0.369 e. The standard InChI is InChI=1S/C18H28FNO/c1-3-14-9-5-8-12-17(14)21-18(13-20-4-2)15-10-6-7-11-16(15)19/h6-7,10-11,14,17-18,20H,3-5,8-9,12-13H2,1-2H3. The predicted molar refractivity (Wildman–Crippen MR) is 84.8 cm³/mol. The van der Waals surface area contributed by atoms with Crippen LogP contribution in [0.1, 0.15) is 57.6 Å². The van der Waals surface area contributed by atoms with Crippen molar-refractivity contribution in [1.82, 2.24) is 5.32 Å². The lowest BCUT2D eigenvalue weighted by atomic mass is 9.84. The van der Waals surface area contributed by atoms with Crippen LogP contribution in [0.2, 0.25) is 0 Å². The summed E-state index contributed by atoms with van der Waals surface area (Å²) >= 11 is 0. The Bertz CT molecular complexity index is 423. The largest absolute Gasteiger partial charge is 0.369 e. The normalized spacial score (nSPS) is 24.0. The average Bonchev–Trinajstić information content (AvgIpc) is 2.52. The molecule has 118 valence electrons. The molecule has 2 nitrogen and oxygen atoms in total. The number of nitrogens with one attached hydrogen (secondary N) is 1. The zero-order valence-electron chi connectivity index (χ0n) is 13.3. The van der Waals surface area contributed by atoms with Crippen LogP contribution >= 0.6 is 0 Å². The highest BCUT2D eigenvalue weighted by Gasteiger charge is 2.28. The number of halogens is 1. The van der Waals surface area contributed by atoms with Gasteiger partial charge in [0.15, 0.2) is 0 Å². The van der Waals surface area contributed by atoms with Crippen molar-refractivity contribution in [2.24, 2.45) is 5.92 Å². The van der Waals surface area contributed by atoms with Crippen molar-refractivity contribution in [1.29, 1.82) is 0 Å². The molecule has 1 aromatic carbocycles. The van der Waals surface area contributed by atoms with Gasteiger partial charge in [0.1, 0.15) is 5.82 Å². The van der Waals surface area contributed by atoms with Gasteiger partial charge in [-0.3, -0.25) is 0 Å². The third-order valence-electron chi connectivity index (χ3n) is 4.53. The van der Waals surface area contributed by atoms with E-state index in [1.807, 2.05) is 12.1 Å². The maximum Gasteiger partial charge on any atom is 0.129 e. The molecular weight excluding hydrogens is 265 g/mol. The Labute approximate surface area is 128 Å². The lowest BCUT2D eigenvalue weighted by Crippen LogP contribution is -2.33. The van der Waals surface area contributed by atoms with E-state index in [1.165, 1.54) is 25.3 Å². The Morgan fingerprint density at radius 2 is 2.00 bits per heavy atom. The number of rotatable bonds is 7. The predicted octanol–water partition coefficient (Wildman–Crippen LogP) is 4.46. The molecule has 3 atom stereocenters. The minimum absolute atomic E-state index is 0.163. The van der Waals surface area contributed by atoms with Gasteiger partial charge in [0.05, 0.1) is 12.2 Å². The summed E-state index contributed by atoms with van der Waals surface area (Å²) in [5.74, 6) is 0.457. The molecule has 0 heterocycles. The number of ether oxygens (including phenoxy) is 1. The summed E-state index contributed by atoms with van der Waals surface area (Å²) in [6.45, 7) is 5.84. The van der Waals surface area contributed by atoms with E-state index in [0.717, 1.165) is 19.4 Å². The lowest BCUT2D eigenvalue weighted by molar-refractivity contribution is -0.0626. The second-order valence-corrected chi connectivity index (χ2v) is 5.95. The van der Waals surface area contributed by atoms with E-state index in [1.54, 1.807) is 6.07 Å². The molecule has 3 unspecified atom stereocenters. The van der Waals surface area contributed by atoms with Crippen LogP contribution in [-0.4, -0.2) is 19.2 Å². The lowest BCUT2D eigenvalue weighted by Gasteiger charge is -2.34. The fraction of sp³-hybridized carbons (Fsp3) is 0.667. The van der Waals surface area contributed by atoms with Crippen LogP contribution in [-0.2, 0) is 4.74 Å². The van der Waals surface area contributed by atoms with E-state index in [9.17, 15) is 4.39 Å². The highest BCUT2D eigenvalue weighted by Crippen LogP contribution is 2.33. The van der Waals surface area contributed by atoms with Gasteiger partial charge in [0.2, 0.25) is 0 Å². The first-order valence-electron chi connectivity index (χ1n) is 8.36. The molecule has 2 rings (SSSR count). The van der Waals surface area contributed by atoms with Crippen LogP contribution < -0.4 is 5.32 Å². The van der Waals surface area contributed by atoms with Crippen LogP contribution in [0.15, 0.2) is 24.3 Å². The van der Waals surface area contributed by atoms with Gasteiger partial charge < -0.3 is 10.1 Å². The molecule has 3 heteroatoms. The fourth-order valence-corrected chi connectivity index (χ4v) is 3.27. The molecule has 1 saturated carbocycles. The molecular formula is C18H28FNO. The maximum absolute atomic E-state index is 14.1. The second-order valence-electron chi connectivity index (χ2n) is 5.95. The molecule has 1 aliphatic carbocycles. The first kappa shape index (κ1) is 16.4. The van der Waals surface area contributed by atoms with Gasteiger partial charge in [-0.15, -0.1) is 0 Å². The monoisotopic (exact) mass is 293 g/mol. The summed E-state index contributed by atoms with van der Waals surface area (Å²) in [7, 11) is 0. The third-order valence-corrected chi connectivity index (χ3v) is 4.53. The van der Waals surface area contributed by atoms with Crippen molar-refractivity contribution >= 4 is 0 Å². The number of hydrogen-bond acceptors (Lipinski definition) is 2. The number of hydrogen-bond donors (Lipinski definition) is 1. The molecule has 0 spiro atoms. The highest BCUT2D eigenvalue weighted by atomic mass is 19.1. The summed E-state index contributed by atoms with van der Waals surface area (Å²) < 4.78 is 20.5. The second kappa shape index (κ2) is 8.50. The molecule has 0 saturated heterocycles. The summed E-state index contributed by atoms with van der Waals surface area (Å²) in [4.78, 5) is 0. The van der Waals surface area contributed by atoms with Crippen LogP contribution in [0, 0.1) is 11.7 Å². The summed E-state index contributed by atoms with van der Waals surface area (Å²) in [5, 5.41) is 3.30. The van der Waals surface area contributed by atoms with E-state index in [2.05, 4.69) is 19.2 Å². The van der Waals surface area contributed by atoms with E-state index < -0.39 is 0 Å². The van der Waals surface area contributed by atoms with E-state index in [0.29, 0.717) is 18.0 Å². The zero-order chi connectivity index (χ0) is 15.1. The smallest absolute Gasteiger partial charge is 0.129 e. The Hall–Kier alpha value is -0.930. The zero-order valence-corrected chi connectivity index (χ0v) is 13.3. The molecule has 0 aliphatic heterocycles. The SMILES string of the molecule is CCNCC(OC1CCCCC1CC)c1ccccc1F. The molecule has 0 amide bonds. The van der Waals surface area contributed by atoms with E-state index >= 15 is 0 Å². The van der Waals surface area contributed by atoms with Gasteiger partial charge in [-0.25, -0.2) is 4.39 Å². The van der Waals surface area contributed by atoms with Crippen LogP contribution in [0.5, 0.6) is 0 Å². The van der Waals surface area contributed by atoms with Crippen LogP contribution in [0.25, 0.3) is 0 Å². The van der Waals surface area contributed by atoms with Crippen molar-refractivity contribution in [2.45, 2.75) is 58.2 Å². The fourth-order valence-electron chi connectivity index (χ4n) is 3.27. The Kier molecular flexibility index (Phi) is 6.65. The number of benzene rings is 1. The Balaban J connectivity index is 2.10. The molecule has 0 radical (unpaired) electrons. The Morgan fingerprint density at radius 3 is 2.71 bits per heavy atom. The quantitative estimate of drug-likeness (QED) is 0.801. The van der Waals surface area contributed by atoms with Crippen molar-refractivity contribution in [3.05, 3.63) is 35.6 Å². The Morgan fingerprint density at radius 1 is 1.24 bits per heavy atom. The molecule has 21 heavy (non-hydrogen) atoms. The van der Waals surface area contributed by atoms with E-state index in [4.69, 9.17) is 4.74 Å². The van der Waals surface area contributed by atoms with Crippen LogP contribution in [0.4, 0.5) is 4.39 Å². The third kappa shape index (κ3) is 4.52. The summed E-state index contributed by atoms with van der Waals surface area (Å²) in [6, 6.07) is 6.99. The topological polar surface area (TPSA) is 21.3 Å². The summed E-state index contributed by atoms with van der Waals surface area (Å²) in [5.41, 5.74) is 0.680. The number of likely N-dealkylation sites (N-methyl/N-ethyl adjacent to an activating group) is 1.